The highest BCUT2D eigenvalue weighted by molar-refractivity contribution is 5.98. The maximum absolute atomic E-state index is 12.2. The molecule has 1 aromatic heterocycles. The van der Waals surface area contributed by atoms with Crippen molar-refractivity contribution >= 4 is 17.6 Å². The topological polar surface area (TPSA) is 82.5 Å². The number of aromatic nitrogens is 2. The van der Waals surface area contributed by atoms with Crippen LogP contribution in [0.5, 0.6) is 5.75 Å². The minimum Gasteiger partial charge on any atom is -0.449 e. The monoisotopic (exact) mass is 367 g/mol. The van der Waals surface area contributed by atoms with Gasteiger partial charge in [-0.15, -0.1) is 0 Å². The molecule has 1 heterocycles. The second kappa shape index (κ2) is 7.94. The van der Waals surface area contributed by atoms with Crippen LogP contribution in [0.25, 0.3) is 0 Å². The van der Waals surface area contributed by atoms with Crippen LogP contribution in [0.15, 0.2) is 24.3 Å². The second-order valence-electron chi connectivity index (χ2n) is 5.61. The van der Waals surface area contributed by atoms with Crippen LogP contribution in [0.2, 0.25) is 0 Å². The van der Waals surface area contributed by atoms with Crippen molar-refractivity contribution in [1.82, 2.24) is 9.78 Å². The molecule has 0 fully saturated rings. The molecule has 0 saturated carbocycles. The number of halogens is 2. The molecule has 0 saturated heterocycles. The fourth-order valence-corrected chi connectivity index (χ4v) is 2.23. The number of esters is 1. The molecule has 0 unspecified atom stereocenters. The molecule has 0 aliphatic carbocycles. The van der Waals surface area contributed by atoms with E-state index in [-0.39, 0.29) is 11.3 Å². The summed E-state index contributed by atoms with van der Waals surface area (Å²) in [4.78, 5) is 24.3. The molecule has 1 atom stereocenters. The van der Waals surface area contributed by atoms with Crippen LogP contribution in [0, 0.1) is 13.8 Å². The third-order valence-corrected chi connectivity index (χ3v) is 3.73. The molecule has 2 rings (SSSR count). The van der Waals surface area contributed by atoms with Crippen molar-refractivity contribution in [2.45, 2.75) is 33.5 Å². The largest absolute Gasteiger partial charge is 0.449 e. The van der Waals surface area contributed by atoms with Crippen molar-refractivity contribution in [3.8, 4) is 5.75 Å². The summed E-state index contributed by atoms with van der Waals surface area (Å²) in [6, 6.07) is 4.99. The van der Waals surface area contributed by atoms with Crippen LogP contribution < -0.4 is 10.1 Å². The fourth-order valence-electron chi connectivity index (χ4n) is 2.23. The van der Waals surface area contributed by atoms with Crippen LogP contribution in [0.4, 0.5) is 14.5 Å². The average molecular weight is 367 g/mol. The van der Waals surface area contributed by atoms with Gasteiger partial charge in [-0.1, -0.05) is 0 Å². The molecule has 140 valence electrons. The number of carbonyl (C=O) groups excluding carboxylic acids is 2. The van der Waals surface area contributed by atoms with E-state index in [0.717, 1.165) is 5.69 Å². The van der Waals surface area contributed by atoms with Gasteiger partial charge in [0.15, 0.2) is 6.10 Å². The molecule has 0 aliphatic heterocycles. The molecule has 0 radical (unpaired) electrons. The molecule has 1 aromatic carbocycles. The molecule has 0 bridgehead atoms. The summed E-state index contributed by atoms with van der Waals surface area (Å²) < 4.78 is 35.2. The zero-order valence-corrected chi connectivity index (χ0v) is 14.7. The number of carbonyl (C=O) groups is 2. The maximum Gasteiger partial charge on any atom is 0.387 e. The summed E-state index contributed by atoms with van der Waals surface area (Å²) in [5, 5.41) is 6.87. The van der Waals surface area contributed by atoms with Gasteiger partial charge in [-0.3, -0.25) is 9.48 Å². The number of alkyl halides is 2. The number of hydrogen-bond acceptors (Lipinski definition) is 5. The molecule has 9 heteroatoms. The lowest BCUT2D eigenvalue weighted by atomic mass is 10.2. The number of benzene rings is 1. The van der Waals surface area contributed by atoms with Crippen LogP contribution in [0.1, 0.15) is 28.7 Å². The summed E-state index contributed by atoms with van der Waals surface area (Å²) >= 11 is 0. The Kier molecular flexibility index (Phi) is 5.91. The Labute approximate surface area is 148 Å². The first-order valence-corrected chi connectivity index (χ1v) is 7.76. The number of ether oxygens (including phenoxy) is 2. The Morgan fingerprint density at radius 2 is 1.81 bits per heavy atom. The Bertz CT molecular complexity index is 803. The zero-order valence-electron chi connectivity index (χ0n) is 14.7. The Morgan fingerprint density at radius 3 is 2.31 bits per heavy atom. The zero-order chi connectivity index (χ0) is 19.4. The fraction of sp³-hybridized carbons (Fsp3) is 0.353. The molecule has 1 amide bonds. The van der Waals surface area contributed by atoms with Crippen molar-refractivity contribution in [2.24, 2.45) is 7.05 Å². The molecular formula is C17H19F2N3O4. The molecule has 26 heavy (non-hydrogen) atoms. The summed E-state index contributed by atoms with van der Waals surface area (Å²) in [5.74, 6) is -1.34. The molecule has 0 aliphatic rings. The molecule has 1 N–H and O–H groups in total. The van der Waals surface area contributed by atoms with Crippen LogP contribution >= 0.6 is 0 Å². The van der Waals surface area contributed by atoms with Crippen molar-refractivity contribution in [3.63, 3.8) is 0 Å². The number of anilines is 1. The van der Waals surface area contributed by atoms with E-state index < -0.39 is 24.6 Å². The normalized spacial score (nSPS) is 12.0. The third-order valence-electron chi connectivity index (χ3n) is 3.73. The van der Waals surface area contributed by atoms with Gasteiger partial charge in [-0.25, -0.2) is 4.79 Å². The first kappa shape index (κ1) is 19.4. The molecule has 7 nitrogen and oxygen atoms in total. The van der Waals surface area contributed by atoms with E-state index >= 15 is 0 Å². The molecular weight excluding hydrogens is 348 g/mol. The summed E-state index contributed by atoms with van der Waals surface area (Å²) in [5.41, 5.74) is 2.09. The van der Waals surface area contributed by atoms with E-state index in [1.54, 1.807) is 25.6 Å². The third kappa shape index (κ3) is 4.56. The maximum atomic E-state index is 12.2. The SMILES string of the molecule is Cc1nn(C)c(C)c1NC(=O)[C@H](C)OC(=O)c1ccc(OC(F)F)cc1. The van der Waals surface area contributed by atoms with Crippen molar-refractivity contribution < 1.29 is 27.8 Å². The van der Waals surface area contributed by atoms with Gasteiger partial charge < -0.3 is 14.8 Å². The quantitative estimate of drug-likeness (QED) is 0.794. The number of hydrogen-bond donors (Lipinski definition) is 1. The number of nitrogens with zero attached hydrogens (tertiary/aromatic N) is 2. The molecule has 2 aromatic rings. The minimum atomic E-state index is -2.95. The number of nitrogens with one attached hydrogen (secondary N) is 1. The Morgan fingerprint density at radius 1 is 1.19 bits per heavy atom. The van der Waals surface area contributed by atoms with Crippen LogP contribution in [-0.2, 0) is 16.6 Å². The van der Waals surface area contributed by atoms with Gasteiger partial charge in [-0.2, -0.15) is 13.9 Å². The Hall–Kier alpha value is -2.97. The first-order valence-electron chi connectivity index (χ1n) is 7.76. The molecule has 0 spiro atoms. The summed E-state index contributed by atoms with van der Waals surface area (Å²) in [6.07, 6.45) is -1.06. The van der Waals surface area contributed by atoms with Gasteiger partial charge in [0, 0.05) is 7.05 Å². The van der Waals surface area contributed by atoms with Crippen molar-refractivity contribution in [2.75, 3.05) is 5.32 Å². The smallest absolute Gasteiger partial charge is 0.387 e. The van der Waals surface area contributed by atoms with Gasteiger partial charge in [0.25, 0.3) is 5.91 Å². The highest BCUT2D eigenvalue weighted by Gasteiger charge is 2.21. The van der Waals surface area contributed by atoms with Gasteiger partial charge in [-0.05, 0) is 45.0 Å². The highest BCUT2D eigenvalue weighted by Crippen LogP contribution is 2.19. The van der Waals surface area contributed by atoms with Crippen molar-refractivity contribution in [3.05, 3.63) is 41.2 Å². The Balaban J connectivity index is 1.98. The number of amides is 1. The summed E-state index contributed by atoms with van der Waals surface area (Å²) in [6.45, 7) is 2.04. The van der Waals surface area contributed by atoms with Gasteiger partial charge >= 0.3 is 12.6 Å². The van der Waals surface area contributed by atoms with E-state index in [0.29, 0.717) is 11.4 Å². The lowest BCUT2D eigenvalue weighted by Gasteiger charge is -2.14. The standard InChI is InChI=1S/C17H19F2N3O4/c1-9-14(10(2)22(4)21-9)20-15(23)11(3)25-16(24)12-5-7-13(8-6-12)26-17(18)19/h5-8,11,17H,1-4H3,(H,20,23)/t11-/m0/s1. The van der Waals surface area contributed by atoms with Crippen LogP contribution in [0.3, 0.4) is 0 Å². The predicted molar refractivity (Wildman–Crippen MR) is 89.3 cm³/mol. The van der Waals surface area contributed by atoms with Gasteiger partial charge in [0.05, 0.1) is 22.6 Å². The van der Waals surface area contributed by atoms with E-state index in [4.69, 9.17) is 4.74 Å². The van der Waals surface area contributed by atoms with E-state index in [2.05, 4.69) is 15.2 Å². The second-order valence-corrected chi connectivity index (χ2v) is 5.61. The van der Waals surface area contributed by atoms with E-state index in [1.807, 2.05) is 0 Å². The highest BCUT2D eigenvalue weighted by atomic mass is 19.3. The van der Waals surface area contributed by atoms with Crippen LogP contribution in [-0.4, -0.2) is 34.4 Å². The van der Waals surface area contributed by atoms with Gasteiger partial charge in [0.2, 0.25) is 0 Å². The van der Waals surface area contributed by atoms with E-state index in [1.165, 1.54) is 31.2 Å². The minimum absolute atomic E-state index is 0.0788. The lowest BCUT2D eigenvalue weighted by molar-refractivity contribution is -0.123. The van der Waals surface area contributed by atoms with Crippen molar-refractivity contribution in [1.29, 1.82) is 0 Å². The number of aryl methyl sites for hydroxylation is 2. The number of rotatable bonds is 6. The lowest BCUT2D eigenvalue weighted by Crippen LogP contribution is -2.30. The average Bonchev–Trinajstić information content (AvgIpc) is 2.81. The predicted octanol–water partition coefficient (Wildman–Crippen LogP) is 2.82. The summed E-state index contributed by atoms with van der Waals surface area (Å²) in [7, 11) is 1.75. The first-order chi connectivity index (χ1) is 12.2. The van der Waals surface area contributed by atoms with Gasteiger partial charge in [0.1, 0.15) is 5.75 Å². The van der Waals surface area contributed by atoms with E-state index in [9.17, 15) is 18.4 Å².